The number of benzene rings is 3. The molecule has 7 nitrogen and oxygen atoms in total. The number of hydrogen-bond donors (Lipinski definition) is 3. The van der Waals surface area contributed by atoms with Gasteiger partial charge in [0.25, 0.3) is 5.91 Å². The molecule has 0 unspecified atom stereocenters. The molecule has 0 aliphatic heterocycles. The number of rotatable bonds is 7. The van der Waals surface area contributed by atoms with Crippen LogP contribution in [0.15, 0.2) is 71.2 Å². The van der Waals surface area contributed by atoms with E-state index in [4.69, 9.17) is 26.4 Å². The lowest BCUT2D eigenvalue weighted by molar-refractivity contribution is 0.0944. The molecule has 0 aliphatic carbocycles. The van der Waals surface area contributed by atoms with Crippen LogP contribution in [0.2, 0.25) is 0 Å². The molecule has 9 heteroatoms. The minimum absolute atomic E-state index is 0.218. The molecule has 3 aromatic rings. The lowest BCUT2D eigenvalue weighted by atomic mass is 10.1. The van der Waals surface area contributed by atoms with Crippen LogP contribution in [-0.4, -0.2) is 25.2 Å². The van der Waals surface area contributed by atoms with E-state index in [1.807, 2.05) is 42.5 Å². The van der Waals surface area contributed by atoms with Crippen molar-refractivity contribution in [3.05, 3.63) is 82.3 Å². The molecule has 0 radical (unpaired) electrons. The lowest BCUT2D eigenvalue weighted by Crippen LogP contribution is -2.43. The van der Waals surface area contributed by atoms with Gasteiger partial charge in [-0.2, -0.15) is 0 Å². The number of amides is 1. The zero-order chi connectivity index (χ0) is 22.9. The first-order chi connectivity index (χ1) is 15.5. The molecule has 0 bridgehead atoms. The Kier molecular flexibility index (Phi) is 8.29. The Balaban J connectivity index is 1.61. The maximum atomic E-state index is 12.6. The molecule has 3 aromatic carbocycles. The monoisotopic (exact) mass is 515 g/mol. The Hall–Kier alpha value is -3.30. The summed E-state index contributed by atoms with van der Waals surface area (Å²) in [5.41, 5.74) is 7.11. The smallest absolute Gasteiger partial charge is 0.269 e. The molecule has 0 saturated carbocycles. The maximum absolute atomic E-state index is 12.6. The van der Waals surface area contributed by atoms with Crippen molar-refractivity contribution < 1.29 is 19.0 Å². The predicted octanol–water partition coefficient (Wildman–Crippen LogP) is 4.68. The summed E-state index contributed by atoms with van der Waals surface area (Å²) in [7, 11) is 3.14. The zero-order valence-electron chi connectivity index (χ0n) is 17.5. The van der Waals surface area contributed by atoms with Crippen LogP contribution in [0.3, 0.4) is 0 Å². The van der Waals surface area contributed by atoms with Crippen LogP contribution in [-0.2, 0) is 6.61 Å². The van der Waals surface area contributed by atoms with E-state index in [0.29, 0.717) is 28.5 Å². The van der Waals surface area contributed by atoms with E-state index in [9.17, 15) is 4.79 Å². The summed E-state index contributed by atoms with van der Waals surface area (Å²) < 4.78 is 17.5. The van der Waals surface area contributed by atoms with Crippen molar-refractivity contribution in [2.75, 3.05) is 19.5 Å². The Morgan fingerprint density at radius 1 is 0.938 bits per heavy atom. The van der Waals surface area contributed by atoms with Crippen molar-refractivity contribution in [2.45, 2.75) is 6.61 Å². The van der Waals surface area contributed by atoms with E-state index < -0.39 is 0 Å². The minimum Gasteiger partial charge on any atom is -0.496 e. The van der Waals surface area contributed by atoms with E-state index in [0.717, 1.165) is 10.0 Å². The van der Waals surface area contributed by atoms with Gasteiger partial charge in [-0.15, -0.1) is 0 Å². The fourth-order valence-electron chi connectivity index (χ4n) is 2.81. The van der Waals surface area contributed by atoms with E-state index in [-0.39, 0.29) is 17.6 Å². The molecule has 0 spiro atoms. The van der Waals surface area contributed by atoms with Crippen molar-refractivity contribution in [1.82, 2.24) is 10.9 Å². The number of methoxy groups -OCH3 is 2. The highest BCUT2D eigenvalue weighted by Gasteiger charge is 2.12. The number of halogens is 1. The molecular weight excluding hydrogens is 494 g/mol. The highest BCUT2D eigenvalue weighted by molar-refractivity contribution is 9.10. The van der Waals surface area contributed by atoms with Crippen LogP contribution in [0.25, 0.3) is 0 Å². The van der Waals surface area contributed by atoms with Gasteiger partial charge in [0.05, 0.1) is 19.9 Å². The summed E-state index contributed by atoms with van der Waals surface area (Å²) in [5, 5.41) is 3.20. The maximum Gasteiger partial charge on any atom is 0.269 e. The fourth-order valence-corrected chi connectivity index (χ4v) is 3.24. The standard InChI is InChI=1S/C23H22BrN3O4S/c1-29-20-12-7-15(13-16(20)14-31-18-10-8-17(24)9-11-18)22(28)26-27-23(32)25-19-5-3-4-6-21(19)30-2/h3-13H,14H2,1-2H3,(H,26,28)(H2,25,27,32). The normalized spacial score (nSPS) is 10.1. The third-order valence-electron chi connectivity index (χ3n) is 4.40. The molecule has 0 fully saturated rings. The first-order valence-corrected chi connectivity index (χ1v) is 10.8. The fraction of sp³-hybridized carbons (Fsp3) is 0.130. The Morgan fingerprint density at radius 2 is 1.66 bits per heavy atom. The molecule has 3 N–H and O–H groups in total. The molecule has 0 aromatic heterocycles. The summed E-state index contributed by atoms with van der Waals surface area (Å²) in [6, 6.07) is 19.9. The quantitative estimate of drug-likeness (QED) is 0.311. The van der Waals surface area contributed by atoms with E-state index in [2.05, 4.69) is 32.1 Å². The number of thiocarbonyl (C=S) groups is 1. The van der Waals surface area contributed by atoms with Gasteiger partial charge in [-0.05, 0) is 66.8 Å². The number of carbonyl (C=O) groups is 1. The van der Waals surface area contributed by atoms with Gasteiger partial charge in [-0.25, -0.2) is 0 Å². The van der Waals surface area contributed by atoms with Gasteiger partial charge in [0.1, 0.15) is 23.9 Å². The largest absolute Gasteiger partial charge is 0.496 e. The number of hydrogen-bond acceptors (Lipinski definition) is 5. The van der Waals surface area contributed by atoms with Gasteiger partial charge in [0.2, 0.25) is 0 Å². The highest BCUT2D eigenvalue weighted by Crippen LogP contribution is 2.24. The topological polar surface area (TPSA) is 80.9 Å². The van der Waals surface area contributed by atoms with E-state index in [1.54, 1.807) is 38.5 Å². The number of para-hydroxylation sites is 2. The second kappa shape index (κ2) is 11.4. The van der Waals surface area contributed by atoms with Crippen LogP contribution in [0.1, 0.15) is 15.9 Å². The Bertz CT molecular complexity index is 1090. The van der Waals surface area contributed by atoms with E-state index in [1.165, 1.54) is 0 Å². The molecule has 0 heterocycles. The average Bonchev–Trinajstić information content (AvgIpc) is 2.82. The third-order valence-corrected chi connectivity index (χ3v) is 5.13. The molecule has 0 aliphatic rings. The second-order valence-electron chi connectivity index (χ2n) is 6.50. The van der Waals surface area contributed by atoms with Gasteiger partial charge in [-0.1, -0.05) is 28.1 Å². The van der Waals surface area contributed by atoms with Gasteiger partial charge >= 0.3 is 0 Å². The van der Waals surface area contributed by atoms with Crippen molar-refractivity contribution in [3.63, 3.8) is 0 Å². The van der Waals surface area contributed by atoms with Crippen LogP contribution in [0.4, 0.5) is 5.69 Å². The first kappa shape index (κ1) is 23.4. The van der Waals surface area contributed by atoms with Gasteiger partial charge in [0, 0.05) is 15.6 Å². The van der Waals surface area contributed by atoms with Crippen molar-refractivity contribution in [1.29, 1.82) is 0 Å². The van der Waals surface area contributed by atoms with Crippen LogP contribution >= 0.6 is 28.1 Å². The number of carbonyl (C=O) groups excluding carboxylic acids is 1. The van der Waals surface area contributed by atoms with Crippen molar-refractivity contribution in [2.24, 2.45) is 0 Å². The third kappa shape index (κ3) is 6.35. The number of hydrazine groups is 1. The number of ether oxygens (including phenoxy) is 3. The molecule has 0 atom stereocenters. The van der Waals surface area contributed by atoms with Gasteiger partial charge < -0.3 is 19.5 Å². The molecule has 0 saturated heterocycles. The SMILES string of the molecule is COc1ccc(C(=O)NNC(=S)Nc2ccccc2OC)cc1COc1ccc(Br)cc1. The van der Waals surface area contributed by atoms with Gasteiger partial charge in [-0.3, -0.25) is 15.6 Å². The number of anilines is 1. The molecule has 3 rings (SSSR count). The second-order valence-corrected chi connectivity index (χ2v) is 7.83. The Morgan fingerprint density at radius 3 is 2.38 bits per heavy atom. The van der Waals surface area contributed by atoms with Crippen molar-refractivity contribution in [3.8, 4) is 17.2 Å². The number of nitrogens with one attached hydrogen (secondary N) is 3. The summed E-state index contributed by atoms with van der Waals surface area (Å²) in [6.07, 6.45) is 0. The average molecular weight is 516 g/mol. The van der Waals surface area contributed by atoms with Crippen LogP contribution < -0.4 is 30.4 Å². The van der Waals surface area contributed by atoms with Crippen LogP contribution in [0, 0.1) is 0 Å². The predicted molar refractivity (Wildman–Crippen MR) is 131 cm³/mol. The van der Waals surface area contributed by atoms with Crippen molar-refractivity contribution >= 4 is 44.9 Å². The molecule has 166 valence electrons. The summed E-state index contributed by atoms with van der Waals surface area (Å²) in [4.78, 5) is 12.6. The molecular formula is C23H22BrN3O4S. The minimum atomic E-state index is -0.360. The van der Waals surface area contributed by atoms with Gasteiger partial charge in [0.15, 0.2) is 5.11 Å². The zero-order valence-corrected chi connectivity index (χ0v) is 19.9. The highest BCUT2D eigenvalue weighted by atomic mass is 79.9. The lowest BCUT2D eigenvalue weighted by Gasteiger charge is -2.15. The van der Waals surface area contributed by atoms with Crippen LogP contribution in [0.5, 0.6) is 17.2 Å². The van der Waals surface area contributed by atoms with E-state index >= 15 is 0 Å². The molecule has 1 amide bonds. The summed E-state index contributed by atoms with van der Waals surface area (Å²) >= 11 is 8.64. The summed E-state index contributed by atoms with van der Waals surface area (Å²) in [6.45, 7) is 0.243. The Labute approximate surface area is 200 Å². The summed E-state index contributed by atoms with van der Waals surface area (Å²) in [5.74, 6) is 1.61. The molecule has 32 heavy (non-hydrogen) atoms. The first-order valence-electron chi connectivity index (χ1n) is 9.56.